The molecule has 350 valence electrons. The first-order valence-corrected chi connectivity index (χ1v) is 25.7. The van der Waals surface area contributed by atoms with Crippen LogP contribution in [-0.4, -0.2) is 4.57 Å². The number of rotatable bonds is 8. The second-order valence-corrected chi connectivity index (χ2v) is 19.6. The Labute approximate surface area is 434 Å². The molecule has 75 heavy (non-hydrogen) atoms. The molecular weight excluding hydrogens is 909 g/mol. The van der Waals surface area contributed by atoms with Gasteiger partial charge in [0, 0.05) is 38.5 Å². The standard InChI is InChI=1S/C72H46N2O/c1-2-23-54(24-3-1)73-65-32-12-10-28-63(65)70-61(31-16-33-67(70)73)59-41-43-66(60-27-9-8-26-58(59)60)74(55-39-37-48(38-40-55)51-21-14-22-52(45-51)53-36-35-47-17-4-5-19-50(47)46-53)68-44-42-62(57-30-15-20-49-18-6-7-25-56(49)57)72-71(68)64-29-11-13-34-69(64)75-72/h1-46H. The molecule has 0 radical (unpaired) electrons. The minimum Gasteiger partial charge on any atom is -0.455 e. The lowest BCUT2D eigenvalue weighted by Gasteiger charge is -2.29. The number of anilines is 3. The van der Waals surface area contributed by atoms with E-state index >= 15 is 0 Å². The molecule has 0 aliphatic rings. The van der Waals surface area contributed by atoms with Gasteiger partial charge in [0.2, 0.25) is 0 Å². The third kappa shape index (κ3) is 6.97. The molecule has 15 aromatic rings. The highest BCUT2D eigenvalue weighted by atomic mass is 16.3. The second-order valence-electron chi connectivity index (χ2n) is 19.6. The molecule has 0 spiro atoms. The van der Waals surface area contributed by atoms with Gasteiger partial charge >= 0.3 is 0 Å². The Morgan fingerprint density at radius 2 is 0.867 bits per heavy atom. The summed E-state index contributed by atoms with van der Waals surface area (Å²) in [6.45, 7) is 0. The van der Waals surface area contributed by atoms with Crippen LogP contribution in [0.2, 0.25) is 0 Å². The number of para-hydroxylation sites is 3. The van der Waals surface area contributed by atoms with Gasteiger partial charge in [-0.1, -0.05) is 206 Å². The Hall–Kier alpha value is -9.96. The molecule has 3 heteroatoms. The van der Waals surface area contributed by atoms with Crippen molar-refractivity contribution in [3.05, 3.63) is 279 Å². The SMILES string of the molecule is c1ccc(-n2c3ccccc3c3c(-c4ccc(N(c5ccc(-c6cccc(-c7ccc8ccccc8c7)c6)cc5)c5ccc(-c6cccc7ccccc67)c6oc7ccccc7c56)c5ccccc45)cccc32)cc1. The topological polar surface area (TPSA) is 21.3 Å². The summed E-state index contributed by atoms with van der Waals surface area (Å²) in [5.41, 5.74) is 17.7. The van der Waals surface area contributed by atoms with Crippen LogP contribution in [0.5, 0.6) is 0 Å². The van der Waals surface area contributed by atoms with Gasteiger partial charge in [-0.25, -0.2) is 0 Å². The first kappa shape index (κ1) is 42.7. The van der Waals surface area contributed by atoms with Gasteiger partial charge < -0.3 is 13.9 Å². The maximum absolute atomic E-state index is 7.04. The largest absolute Gasteiger partial charge is 0.455 e. The normalized spacial score (nSPS) is 11.7. The molecule has 0 amide bonds. The lowest BCUT2D eigenvalue weighted by atomic mass is 9.92. The van der Waals surface area contributed by atoms with E-state index in [9.17, 15) is 0 Å². The molecule has 0 aliphatic heterocycles. The van der Waals surface area contributed by atoms with Crippen molar-refractivity contribution in [2.24, 2.45) is 0 Å². The Morgan fingerprint density at radius 1 is 0.293 bits per heavy atom. The molecule has 2 heterocycles. The predicted octanol–water partition coefficient (Wildman–Crippen LogP) is 20.3. The van der Waals surface area contributed by atoms with E-state index in [0.29, 0.717) is 0 Å². The number of hydrogen-bond donors (Lipinski definition) is 0. The summed E-state index contributed by atoms with van der Waals surface area (Å²) in [7, 11) is 0. The highest BCUT2D eigenvalue weighted by Gasteiger charge is 2.26. The molecule has 0 aliphatic carbocycles. The Kier molecular flexibility index (Phi) is 9.89. The van der Waals surface area contributed by atoms with Gasteiger partial charge in [0.05, 0.1) is 27.8 Å². The van der Waals surface area contributed by atoms with Crippen LogP contribution in [-0.2, 0) is 0 Å². The zero-order chi connectivity index (χ0) is 49.4. The fourth-order valence-corrected chi connectivity index (χ4v) is 11.9. The maximum atomic E-state index is 7.04. The molecule has 0 bridgehead atoms. The lowest BCUT2D eigenvalue weighted by molar-refractivity contribution is 0.670. The van der Waals surface area contributed by atoms with Gasteiger partial charge in [-0.15, -0.1) is 0 Å². The van der Waals surface area contributed by atoms with Crippen LogP contribution < -0.4 is 4.90 Å². The number of fused-ring (bicyclic) bond motifs is 9. The summed E-state index contributed by atoms with van der Waals surface area (Å²) in [6.07, 6.45) is 0. The fourth-order valence-electron chi connectivity index (χ4n) is 11.9. The van der Waals surface area contributed by atoms with E-state index in [2.05, 4.69) is 289 Å². The summed E-state index contributed by atoms with van der Waals surface area (Å²) >= 11 is 0. The van der Waals surface area contributed by atoms with Gasteiger partial charge in [0.1, 0.15) is 11.2 Å². The Morgan fingerprint density at radius 3 is 1.72 bits per heavy atom. The smallest absolute Gasteiger partial charge is 0.145 e. The zero-order valence-corrected chi connectivity index (χ0v) is 40.9. The lowest BCUT2D eigenvalue weighted by Crippen LogP contribution is -2.11. The molecule has 15 rings (SSSR count). The molecule has 13 aromatic carbocycles. The second kappa shape index (κ2) is 17.4. The van der Waals surface area contributed by atoms with Gasteiger partial charge in [-0.3, -0.25) is 0 Å². The number of furan rings is 1. The summed E-state index contributed by atoms with van der Waals surface area (Å²) in [4.78, 5) is 2.46. The van der Waals surface area contributed by atoms with Crippen LogP contribution in [0.4, 0.5) is 17.1 Å². The zero-order valence-electron chi connectivity index (χ0n) is 40.9. The quantitative estimate of drug-likeness (QED) is 0.151. The minimum absolute atomic E-state index is 0.853. The third-order valence-corrected chi connectivity index (χ3v) is 15.4. The van der Waals surface area contributed by atoms with Crippen molar-refractivity contribution in [1.82, 2.24) is 4.57 Å². The van der Waals surface area contributed by atoms with E-state index < -0.39 is 0 Å². The van der Waals surface area contributed by atoms with Crippen LogP contribution in [0.3, 0.4) is 0 Å². The van der Waals surface area contributed by atoms with Gasteiger partial charge in [0.25, 0.3) is 0 Å². The van der Waals surface area contributed by atoms with Crippen molar-refractivity contribution in [1.29, 1.82) is 0 Å². The van der Waals surface area contributed by atoms with Crippen molar-refractivity contribution in [2.75, 3.05) is 4.90 Å². The average molecular weight is 955 g/mol. The molecule has 0 saturated heterocycles. The monoisotopic (exact) mass is 954 g/mol. The first-order chi connectivity index (χ1) is 37.2. The van der Waals surface area contributed by atoms with Crippen molar-refractivity contribution in [3.63, 3.8) is 0 Å². The van der Waals surface area contributed by atoms with Crippen LogP contribution >= 0.6 is 0 Å². The fraction of sp³-hybridized carbons (Fsp3) is 0. The molecule has 0 atom stereocenters. The number of hydrogen-bond acceptors (Lipinski definition) is 2. The van der Waals surface area contributed by atoms with E-state index in [1.165, 1.54) is 76.6 Å². The first-order valence-electron chi connectivity index (χ1n) is 25.7. The molecule has 0 fully saturated rings. The summed E-state index contributed by atoms with van der Waals surface area (Å²) < 4.78 is 9.44. The van der Waals surface area contributed by atoms with Gasteiger partial charge in [-0.2, -0.15) is 0 Å². The van der Waals surface area contributed by atoms with E-state index in [1.54, 1.807) is 0 Å². The Bertz CT molecular complexity index is 4710. The molecule has 2 aromatic heterocycles. The van der Waals surface area contributed by atoms with Crippen molar-refractivity contribution in [3.8, 4) is 50.2 Å². The van der Waals surface area contributed by atoms with E-state index in [1.807, 2.05) is 0 Å². The highest BCUT2D eigenvalue weighted by Crippen LogP contribution is 2.50. The van der Waals surface area contributed by atoms with Crippen molar-refractivity contribution >= 4 is 93.1 Å². The van der Waals surface area contributed by atoms with E-state index in [4.69, 9.17) is 4.42 Å². The highest BCUT2D eigenvalue weighted by molar-refractivity contribution is 6.22. The molecular formula is C72H46N2O. The van der Waals surface area contributed by atoms with Crippen LogP contribution in [0.1, 0.15) is 0 Å². The molecule has 3 nitrogen and oxygen atoms in total. The average Bonchev–Trinajstić information content (AvgIpc) is 4.05. The van der Waals surface area contributed by atoms with Crippen molar-refractivity contribution in [2.45, 2.75) is 0 Å². The van der Waals surface area contributed by atoms with Gasteiger partial charge in [-0.05, 0) is 139 Å². The van der Waals surface area contributed by atoms with Crippen LogP contribution in [0.15, 0.2) is 283 Å². The number of nitrogens with zero attached hydrogens (tertiary/aromatic N) is 2. The van der Waals surface area contributed by atoms with E-state index in [-0.39, 0.29) is 0 Å². The van der Waals surface area contributed by atoms with E-state index in [0.717, 1.165) is 66.8 Å². The third-order valence-electron chi connectivity index (χ3n) is 15.4. The molecule has 0 N–H and O–H groups in total. The molecule has 0 saturated carbocycles. The Balaban J connectivity index is 0.947. The summed E-state index contributed by atoms with van der Waals surface area (Å²) in [6, 6.07) is 101. The summed E-state index contributed by atoms with van der Waals surface area (Å²) in [5, 5.41) is 11.8. The van der Waals surface area contributed by atoms with Crippen LogP contribution in [0.25, 0.3) is 126 Å². The van der Waals surface area contributed by atoms with Crippen LogP contribution in [0, 0.1) is 0 Å². The minimum atomic E-state index is 0.853. The maximum Gasteiger partial charge on any atom is 0.145 e. The number of aromatic nitrogens is 1. The van der Waals surface area contributed by atoms with Crippen molar-refractivity contribution < 1.29 is 4.42 Å². The summed E-state index contributed by atoms with van der Waals surface area (Å²) in [5.74, 6) is 0. The molecule has 0 unspecified atom stereocenters. The van der Waals surface area contributed by atoms with Gasteiger partial charge in [0.15, 0.2) is 0 Å². The number of benzene rings is 13. The predicted molar refractivity (Wildman–Crippen MR) is 317 cm³/mol.